The van der Waals surface area contributed by atoms with E-state index in [-0.39, 0.29) is 12.5 Å². The van der Waals surface area contributed by atoms with Crippen LogP contribution < -0.4 is 15.4 Å². The van der Waals surface area contributed by atoms with Crippen molar-refractivity contribution in [3.8, 4) is 5.75 Å². The molecule has 0 saturated heterocycles. The second-order valence-corrected chi connectivity index (χ2v) is 5.86. The van der Waals surface area contributed by atoms with E-state index < -0.39 is 0 Å². The van der Waals surface area contributed by atoms with E-state index in [4.69, 9.17) is 32.7 Å². The fourth-order valence-corrected chi connectivity index (χ4v) is 2.38. The molecule has 134 valence electrons. The molecule has 0 saturated carbocycles. The maximum Gasteiger partial charge on any atom is 0.243 e. The molecule has 0 aliphatic rings. The molecular formula is C18H20Cl2N2O3. The van der Waals surface area contributed by atoms with E-state index in [2.05, 4.69) is 10.6 Å². The van der Waals surface area contributed by atoms with Crippen molar-refractivity contribution in [3.63, 3.8) is 0 Å². The summed E-state index contributed by atoms with van der Waals surface area (Å²) in [6, 6.07) is 12.5. The lowest BCUT2D eigenvalue weighted by Gasteiger charge is -2.11. The first-order valence-electron chi connectivity index (χ1n) is 7.88. The molecule has 0 spiro atoms. The molecule has 25 heavy (non-hydrogen) atoms. The second-order valence-electron chi connectivity index (χ2n) is 5.08. The van der Waals surface area contributed by atoms with Crippen molar-refractivity contribution >= 4 is 40.5 Å². The molecule has 0 radical (unpaired) electrons. The van der Waals surface area contributed by atoms with Gasteiger partial charge in [0.2, 0.25) is 5.91 Å². The molecule has 0 aliphatic heterocycles. The summed E-state index contributed by atoms with van der Waals surface area (Å²) < 4.78 is 10.8. The predicted octanol–water partition coefficient (Wildman–Crippen LogP) is 4.46. The van der Waals surface area contributed by atoms with Gasteiger partial charge in [-0.2, -0.15) is 0 Å². The molecule has 0 heterocycles. The summed E-state index contributed by atoms with van der Waals surface area (Å²) in [7, 11) is 0. The summed E-state index contributed by atoms with van der Waals surface area (Å²) >= 11 is 12.0. The van der Waals surface area contributed by atoms with Gasteiger partial charge >= 0.3 is 0 Å². The number of hydrogen-bond acceptors (Lipinski definition) is 4. The second kappa shape index (κ2) is 10.1. The summed E-state index contributed by atoms with van der Waals surface area (Å²) in [5.41, 5.74) is 1.26. The van der Waals surface area contributed by atoms with Gasteiger partial charge in [-0.15, -0.1) is 0 Å². The van der Waals surface area contributed by atoms with E-state index in [9.17, 15) is 4.79 Å². The van der Waals surface area contributed by atoms with Gasteiger partial charge in [-0.25, -0.2) is 0 Å². The third kappa shape index (κ3) is 6.46. The Balaban J connectivity index is 1.84. The van der Waals surface area contributed by atoms with Gasteiger partial charge in [-0.3, -0.25) is 4.79 Å². The molecule has 0 bridgehead atoms. The minimum absolute atomic E-state index is 0.0885. The van der Waals surface area contributed by atoms with Gasteiger partial charge in [0.15, 0.2) is 0 Å². The Bertz CT molecular complexity index is 710. The van der Waals surface area contributed by atoms with Gasteiger partial charge in [-0.1, -0.05) is 35.3 Å². The van der Waals surface area contributed by atoms with Crippen LogP contribution in [0, 0.1) is 0 Å². The maximum atomic E-state index is 12.1. The zero-order chi connectivity index (χ0) is 18.1. The van der Waals surface area contributed by atoms with Crippen molar-refractivity contribution in [1.29, 1.82) is 0 Å². The van der Waals surface area contributed by atoms with Gasteiger partial charge < -0.3 is 20.1 Å². The van der Waals surface area contributed by atoms with E-state index in [1.165, 1.54) is 0 Å². The van der Waals surface area contributed by atoms with Crippen molar-refractivity contribution in [2.24, 2.45) is 0 Å². The summed E-state index contributed by atoms with van der Waals surface area (Å²) in [5, 5.41) is 6.47. The molecule has 5 nitrogen and oxygen atoms in total. The highest BCUT2D eigenvalue weighted by Gasteiger charge is 2.08. The Morgan fingerprint density at radius 1 is 1.12 bits per heavy atom. The van der Waals surface area contributed by atoms with Crippen molar-refractivity contribution in [2.45, 2.75) is 6.92 Å². The van der Waals surface area contributed by atoms with Crippen molar-refractivity contribution in [1.82, 2.24) is 0 Å². The molecule has 0 fully saturated rings. The third-order valence-corrected chi connectivity index (χ3v) is 4.03. The Labute approximate surface area is 157 Å². The number of halogens is 2. The van der Waals surface area contributed by atoms with Crippen LogP contribution in [0.2, 0.25) is 10.0 Å². The van der Waals surface area contributed by atoms with Crippen LogP contribution in [0.25, 0.3) is 0 Å². The number of carbonyl (C=O) groups excluding carboxylic acids is 1. The molecule has 0 unspecified atom stereocenters. The van der Waals surface area contributed by atoms with E-state index in [1.54, 1.807) is 18.2 Å². The molecular weight excluding hydrogens is 363 g/mol. The molecule has 0 atom stereocenters. The first kappa shape index (κ1) is 19.4. The fraction of sp³-hybridized carbons (Fsp3) is 0.278. The molecule has 2 N–H and O–H groups in total. The number of rotatable bonds is 9. The normalized spacial score (nSPS) is 10.4. The standard InChI is InChI=1S/C18H20Cl2N2O3/c1-2-24-9-10-25-14-6-3-5-13(11-14)21-12-17(23)22-16-8-4-7-15(19)18(16)20/h3-8,11,21H,2,9-10,12H2,1H3,(H,22,23). The van der Waals surface area contributed by atoms with Crippen LogP contribution >= 0.6 is 23.2 Å². The van der Waals surface area contributed by atoms with Gasteiger partial charge in [-0.05, 0) is 31.2 Å². The monoisotopic (exact) mass is 382 g/mol. The Kier molecular flexibility index (Phi) is 7.85. The average molecular weight is 383 g/mol. The number of anilines is 2. The smallest absolute Gasteiger partial charge is 0.243 e. The van der Waals surface area contributed by atoms with Crippen LogP contribution in [0.4, 0.5) is 11.4 Å². The lowest BCUT2D eigenvalue weighted by atomic mass is 10.3. The van der Waals surface area contributed by atoms with Crippen LogP contribution in [0.5, 0.6) is 5.75 Å². The van der Waals surface area contributed by atoms with Crippen LogP contribution in [0.1, 0.15) is 6.92 Å². The zero-order valence-corrected chi connectivity index (χ0v) is 15.4. The first-order chi connectivity index (χ1) is 12.1. The minimum Gasteiger partial charge on any atom is -0.491 e. The van der Waals surface area contributed by atoms with Crippen LogP contribution in [-0.2, 0) is 9.53 Å². The van der Waals surface area contributed by atoms with Gasteiger partial charge in [0, 0.05) is 18.4 Å². The Hall–Kier alpha value is -1.95. The number of amides is 1. The number of benzene rings is 2. The molecule has 2 aromatic carbocycles. The van der Waals surface area contributed by atoms with E-state index >= 15 is 0 Å². The Morgan fingerprint density at radius 2 is 1.92 bits per heavy atom. The maximum absolute atomic E-state index is 12.1. The fourth-order valence-electron chi connectivity index (χ4n) is 2.04. The SMILES string of the molecule is CCOCCOc1cccc(NCC(=O)Nc2cccc(Cl)c2Cl)c1. The highest BCUT2D eigenvalue weighted by molar-refractivity contribution is 6.44. The number of ether oxygens (including phenoxy) is 2. The third-order valence-electron chi connectivity index (χ3n) is 3.21. The van der Waals surface area contributed by atoms with Gasteiger partial charge in [0.1, 0.15) is 12.4 Å². The quantitative estimate of drug-likeness (QED) is 0.628. The van der Waals surface area contributed by atoms with Crippen LogP contribution in [0.3, 0.4) is 0 Å². The number of nitrogens with one attached hydrogen (secondary N) is 2. The molecule has 2 aromatic rings. The molecule has 1 amide bonds. The topological polar surface area (TPSA) is 59.6 Å². The number of carbonyl (C=O) groups is 1. The summed E-state index contributed by atoms with van der Waals surface area (Å²) in [4.78, 5) is 12.1. The Morgan fingerprint density at radius 3 is 2.72 bits per heavy atom. The van der Waals surface area contributed by atoms with E-state index in [0.717, 1.165) is 5.69 Å². The van der Waals surface area contributed by atoms with E-state index in [0.29, 0.717) is 41.3 Å². The molecule has 2 rings (SSSR count). The van der Waals surface area contributed by atoms with E-state index in [1.807, 2.05) is 31.2 Å². The average Bonchev–Trinajstić information content (AvgIpc) is 2.61. The highest BCUT2D eigenvalue weighted by atomic mass is 35.5. The largest absolute Gasteiger partial charge is 0.491 e. The number of hydrogen-bond donors (Lipinski definition) is 2. The van der Waals surface area contributed by atoms with Gasteiger partial charge in [0.05, 0.1) is 28.9 Å². The lowest BCUT2D eigenvalue weighted by Crippen LogP contribution is -2.22. The van der Waals surface area contributed by atoms with Gasteiger partial charge in [0.25, 0.3) is 0 Å². The molecule has 7 heteroatoms. The van der Waals surface area contributed by atoms with Crippen LogP contribution in [-0.4, -0.2) is 32.3 Å². The summed E-state index contributed by atoms with van der Waals surface area (Å²) in [6.45, 7) is 3.70. The van der Waals surface area contributed by atoms with Crippen molar-refractivity contribution in [2.75, 3.05) is 37.0 Å². The summed E-state index contributed by atoms with van der Waals surface area (Å²) in [5.74, 6) is 0.481. The minimum atomic E-state index is -0.230. The lowest BCUT2D eigenvalue weighted by molar-refractivity contribution is -0.114. The molecule has 0 aromatic heterocycles. The zero-order valence-electron chi connectivity index (χ0n) is 13.9. The summed E-state index contributed by atoms with van der Waals surface area (Å²) in [6.07, 6.45) is 0. The first-order valence-corrected chi connectivity index (χ1v) is 8.64. The van der Waals surface area contributed by atoms with Crippen molar-refractivity contribution < 1.29 is 14.3 Å². The van der Waals surface area contributed by atoms with Crippen LogP contribution in [0.15, 0.2) is 42.5 Å². The highest BCUT2D eigenvalue weighted by Crippen LogP contribution is 2.29. The molecule has 0 aliphatic carbocycles. The van der Waals surface area contributed by atoms with Crippen molar-refractivity contribution in [3.05, 3.63) is 52.5 Å². The predicted molar refractivity (Wildman–Crippen MR) is 102 cm³/mol.